The predicted molar refractivity (Wildman–Crippen MR) is 72.4 cm³/mol. The van der Waals surface area contributed by atoms with E-state index in [1.54, 1.807) is 16.8 Å². The van der Waals surface area contributed by atoms with Crippen LogP contribution in [0, 0.1) is 0 Å². The van der Waals surface area contributed by atoms with Gasteiger partial charge in [0, 0.05) is 26.3 Å². The molecule has 0 atom stereocenters. The first kappa shape index (κ1) is 14.9. The molecule has 6 nitrogen and oxygen atoms in total. The number of carbonyl (C=O) groups excluding carboxylic acids is 1. The summed E-state index contributed by atoms with van der Waals surface area (Å²) in [7, 11) is 1.69. The molecule has 0 saturated heterocycles. The van der Waals surface area contributed by atoms with Crippen LogP contribution in [0.4, 0.5) is 5.69 Å². The van der Waals surface area contributed by atoms with Crippen LogP contribution in [0.1, 0.15) is 24.2 Å². The number of likely N-dealkylation sites (N-methyl/N-ethyl adjacent to an activating group) is 2. The third-order valence-electron chi connectivity index (χ3n) is 2.93. The van der Waals surface area contributed by atoms with Crippen LogP contribution in [0.15, 0.2) is 18.5 Å². The molecule has 0 saturated carbocycles. The molecule has 0 bridgehead atoms. The number of carboxylic acids is 1. The molecule has 0 aliphatic carbocycles. The van der Waals surface area contributed by atoms with Crippen LogP contribution >= 0.6 is 0 Å². The van der Waals surface area contributed by atoms with Crippen molar-refractivity contribution in [3.05, 3.63) is 24.0 Å². The molecular formula is C13H19N3O3. The zero-order chi connectivity index (χ0) is 14.4. The Balaban J connectivity index is 2.87. The van der Waals surface area contributed by atoms with E-state index in [0.29, 0.717) is 18.8 Å². The summed E-state index contributed by atoms with van der Waals surface area (Å²) in [6, 6.07) is 1.43. The quantitative estimate of drug-likeness (QED) is 0.833. The molecule has 1 aromatic rings. The van der Waals surface area contributed by atoms with E-state index in [2.05, 4.69) is 4.98 Å². The van der Waals surface area contributed by atoms with Crippen LogP contribution < -0.4 is 4.90 Å². The number of aromatic nitrogens is 1. The lowest BCUT2D eigenvalue weighted by Crippen LogP contribution is -2.39. The molecule has 0 fully saturated rings. The summed E-state index contributed by atoms with van der Waals surface area (Å²) in [5.41, 5.74) is 0.584. The van der Waals surface area contributed by atoms with Crippen molar-refractivity contribution in [2.45, 2.75) is 13.8 Å². The third-order valence-corrected chi connectivity index (χ3v) is 2.93. The normalized spacial score (nSPS) is 10.1. The van der Waals surface area contributed by atoms with Crippen molar-refractivity contribution in [2.24, 2.45) is 0 Å². The largest absolute Gasteiger partial charge is 0.478 e. The molecular weight excluding hydrogens is 246 g/mol. The van der Waals surface area contributed by atoms with Crippen LogP contribution in [0.25, 0.3) is 0 Å². The van der Waals surface area contributed by atoms with Gasteiger partial charge >= 0.3 is 5.97 Å². The molecule has 104 valence electrons. The average Bonchev–Trinajstić information content (AvgIpc) is 2.40. The van der Waals surface area contributed by atoms with Crippen LogP contribution in [-0.4, -0.2) is 53.5 Å². The van der Waals surface area contributed by atoms with Gasteiger partial charge in [0.05, 0.1) is 24.0 Å². The Hall–Kier alpha value is -2.11. The van der Waals surface area contributed by atoms with Crippen molar-refractivity contribution in [3.8, 4) is 0 Å². The second kappa shape index (κ2) is 6.72. The van der Waals surface area contributed by atoms with Gasteiger partial charge in [-0.25, -0.2) is 4.79 Å². The minimum Gasteiger partial charge on any atom is -0.478 e. The fourth-order valence-corrected chi connectivity index (χ4v) is 1.84. The lowest BCUT2D eigenvalue weighted by molar-refractivity contribution is -0.129. The van der Waals surface area contributed by atoms with Gasteiger partial charge in [-0.3, -0.25) is 9.78 Å². The standard InChI is InChI=1S/C13H19N3O3/c1-4-16(5-2)12(17)9-15(3)11-8-14-7-6-10(11)13(18)19/h6-8H,4-5,9H2,1-3H3,(H,18,19). The zero-order valence-corrected chi connectivity index (χ0v) is 11.5. The van der Waals surface area contributed by atoms with Crippen LogP contribution in [0.5, 0.6) is 0 Å². The Morgan fingerprint density at radius 2 is 1.95 bits per heavy atom. The molecule has 1 amide bonds. The van der Waals surface area contributed by atoms with Gasteiger partial charge in [0.15, 0.2) is 0 Å². The molecule has 0 aromatic carbocycles. The molecule has 1 aromatic heterocycles. The molecule has 1 N–H and O–H groups in total. The lowest BCUT2D eigenvalue weighted by atomic mass is 10.2. The fraction of sp³-hybridized carbons (Fsp3) is 0.462. The second-order valence-electron chi connectivity index (χ2n) is 4.12. The number of anilines is 1. The summed E-state index contributed by atoms with van der Waals surface area (Å²) in [4.78, 5) is 30.3. The Labute approximate surface area is 112 Å². The Morgan fingerprint density at radius 3 is 2.47 bits per heavy atom. The summed E-state index contributed by atoms with van der Waals surface area (Å²) in [6.07, 6.45) is 2.88. The Morgan fingerprint density at radius 1 is 1.32 bits per heavy atom. The predicted octanol–water partition coefficient (Wildman–Crippen LogP) is 1.08. The zero-order valence-electron chi connectivity index (χ0n) is 11.5. The van der Waals surface area contributed by atoms with E-state index < -0.39 is 5.97 Å². The van der Waals surface area contributed by atoms with Gasteiger partial charge in [0.1, 0.15) is 0 Å². The van der Waals surface area contributed by atoms with Gasteiger partial charge in [-0.1, -0.05) is 0 Å². The maximum Gasteiger partial charge on any atom is 0.337 e. The topological polar surface area (TPSA) is 73.7 Å². The van der Waals surface area contributed by atoms with Gasteiger partial charge in [-0.2, -0.15) is 0 Å². The number of pyridine rings is 1. The smallest absolute Gasteiger partial charge is 0.337 e. The number of hydrogen-bond acceptors (Lipinski definition) is 4. The summed E-state index contributed by atoms with van der Waals surface area (Å²) < 4.78 is 0. The van der Waals surface area contributed by atoms with Crippen molar-refractivity contribution in [1.29, 1.82) is 0 Å². The van der Waals surface area contributed by atoms with E-state index in [9.17, 15) is 9.59 Å². The summed E-state index contributed by atoms with van der Waals surface area (Å²) >= 11 is 0. The van der Waals surface area contributed by atoms with Gasteiger partial charge in [0.25, 0.3) is 0 Å². The Kier molecular flexibility index (Phi) is 5.29. The van der Waals surface area contributed by atoms with E-state index in [4.69, 9.17) is 5.11 Å². The highest BCUT2D eigenvalue weighted by Crippen LogP contribution is 2.17. The van der Waals surface area contributed by atoms with Crippen molar-refractivity contribution < 1.29 is 14.7 Å². The number of hydrogen-bond donors (Lipinski definition) is 1. The minimum absolute atomic E-state index is 0.0345. The summed E-state index contributed by atoms with van der Waals surface area (Å²) in [6.45, 7) is 5.24. The first-order valence-electron chi connectivity index (χ1n) is 6.17. The maximum absolute atomic E-state index is 12.0. The highest BCUT2D eigenvalue weighted by Gasteiger charge is 2.17. The van der Waals surface area contributed by atoms with Crippen molar-refractivity contribution in [3.63, 3.8) is 0 Å². The molecule has 0 radical (unpaired) electrons. The van der Waals surface area contributed by atoms with E-state index in [1.807, 2.05) is 13.8 Å². The van der Waals surface area contributed by atoms with E-state index in [0.717, 1.165) is 0 Å². The van der Waals surface area contributed by atoms with Crippen LogP contribution in [0.3, 0.4) is 0 Å². The highest BCUT2D eigenvalue weighted by atomic mass is 16.4. The molecule has 0 aliphatic heterocycles. The molecule has 19 heavy (non-hydrogen) atoms. The van der Waals surface area contributed by atoms with Gasteiger partial charge in [-0.15, -0.1) is 0 Å². The molecule has 6 heteroatoms. The number of carbonyl (C=O) groups is 2. The lowest BCUT2D eigenvalue weighted by Gasteiger charge is -2.25. The monoisotopic (exact) mass is 265 g/mol. The molecule has 0 spiro atoms. The van der Waals surface area contributed by atoms with Crippen molar-refractivity contribution in [2.75, 3.05) is 31.6 Å². The Bertz CT molecular complexity index is 458. The molecule has 0 aliphatic rings. The van der Waals surface area contributed by atoms with E-state index in [-0.39, 0.29) is 18.0 Å². The number of amides is 1. The number of rotatable bonds is 6. The highest BCUT2D eigenvalue weighted by molar-refractivity contribution is 5.95. The third kappa shape index (κ3) is 3.67. The summed E-state index contributed by atoms with van der Waals surface area (Å²) in [5.74, 6) is -1.06. The maximum atomic E-state index is 12.0. The minimum atomic E-state index is -1.03. The SMILES string of the molecule is CCN(CC)C(=O)CN(C)c1cnccc1C(=O)O. The van der Waals surface area contributed by atoms with Crippen LogP contribution in [-0.2, 0) is 4.79 Å². The first-order valence-corrected chi connectivity index (χ1v) is 6.17. The van der Waals surface area contributed by atoms with Crippen LogP contribution in [0.2, 0.25) is 0 Å². The molecule has 0 unspecified atom stereocenters. The van der Waals surface area contributed by atoms with E-state index in [1.165, 1.54) is 18.5 Å². The van der Waals surface area contributed by atoms with Crippen molar-refractivity contribution in [1.82, 2.24) is 9.88 Å². The molecule has 1 heterocycles. The number of carboxylic acid groups (broad SMARTS) is 1. The van der Waals surface area contributed by atoms with E-state index >= 15 is 0 Å². The number of nitrogens with zero attached hydrogens (tertiary/aromatic N) is 3. The fourth-order valence-electron chi connectivity index (χ4n) is 1.84. The average molecular weight is 265 g/mol. The second-order valence-corrected chi connectivity index (χ2v) is 4.12. The summed E-state index contributed by atoms with van der Waals surface area (Å²) in [5, 5.41) is 9.10. The number of aromatic carboxylic acids is 1. The van der Waals surface area contributed by atoms with Gasteiger partial charge in [-0.05, 0) is 19.9 Å². The van der Waals surface area contributed by atoms with Crippen molar-refractivity contribution >= 4 is 17.6 Å². The molecule has 1 rings (SSSR count). The van der Waals surface area contributed by atoms with Gasteiger partial charge < -0.3 is 14.9 Å². The van der Waals surface area contributed by atoms with Gasteiger partial charge in [0.2, 0.25) is 5.91 Å². The first-order chi connectivity index (χ1) is 9.01.